The second kappa shape index (κ2) is 6.23. The minimum Gasteiger partial charge on any atom is -0.465 e. The first-order valence-electron chi connectivity index (χ1n) is 8.88. The van der Waals surface area contributed by atoms with E-state index in [1.54, 1.807) is 0 Å². The monoisotopic (exact) mass is 364 g/mol. The standard InChI is InChI=1S/C21H20N2O4/c1-14-8-9-17-16(12-14)19(20(24)27-2)18-10-11-21(23(25)26,13-22(17)18)15-6-4-3-5-7-15/h3-9,12H,10-11,13H2,1-2H3. The molecule has 1 atom stereocenters. The van der Waals surface area contributed by atoms with E-state index in [9.17, 15) is 14.9 Å². The topological polar surface area (TPSA) is 74.4 Å². The van der Waals surface area contributed by atoms with Crippen LogP contribution in [0.3, 0.4) is 0 Å². The number of ether oxygens (including phenoxy) is 1. The second-order valence-corrected chi connectivity index (χ2v) is 7.07. The van der Waals surface area contributed by atoms with Crippen LogP contribution in [0.5, 0.6) is 0 Å². The molecule has 0 saturated carbocycles. The number of aryl methyl sites for hydroxylation is 1. The van der Waals surface area contributed by atoms with Crippen LogP contribution in [0.15, 0.2) is 48.5 Å². The molecule has 27 heavy (non-hydrogen) atoms. The average Bonchev–Trinajstić information content (AvgIpc) is 3.00. The molecule has 1 aliphatic heterocycles. The molecule has 1 aromatic heterocycles. The molecule has 0 saturated heterocycles. The van der Waals surface area contributed by atoms with Gasteiger partial charge in [-0.05, 0) is 25.5 Å². The zero-order chi connectivity index (χ0) is 19.2. The van der Waals surface area contributed by atoms with Crippen molar-refractivity contribution < 1.29 is 14.5 Å². The molecule has 0 aliphatic carbocycles. The van der Waals surface area contributed by atoms with Gasteiger partial charge < -0.3 is 9.30 Å². The number of esters is 1. The van der Waals surface area contributed by atoms with Crippen molar-refractivity contribution in [3.63, 3.8) is 0 Å². The van der Waals surface area contributed by atoms with Crippen LogP contribution in [0.25, 0.3) is 10.9 Å². The highest BCUT2D eigenvalue weighted by Gasteiger charge is 2.49. The summed E-state index contributed by atoms with van der Waals surface area (Å²) in [6, 6.07) is 15.0. The number of aromatic nitrogens is 1. The zero-order valence-corrected chi connectivity index (χ0v) is 15.3. The first-order chi connectivity index (χ1) is 13.0. The molecule has 0 spiro atoms. The summed E-state index contributed by atoms with van der Waals surface area (Å²) in [5, 5.41) is 13.0. The molecule has 4 rings (SSSR count). The highest BCUT2D eigenvalue weighted by atomic mass is 16.6. The number of nitro groups is 1. The number of methoxy groups -OCH3 is 1. The Morgan fingerprint density at radius 1 is 1.22 bits per heavy atom. The van der Waals surface area contributed by atoms with Crippen LogP contribution < -0.4 is 0 Å². The van der Waals surface area contributed by atoms with Crippen molar-refractivity contribution in [2.45, 2.75) is 31.8 Å². The van der Waals surface area contributed by atoms with E-state index in [2.05, 4.69) is 0 Å². The number of hydrogen-bond acceptors (Lipinski definition) is 4. The van der Waals surface area contributed by atoms with E-state index < -0.39 is 11.5 Å². The van der Waals surface area contributed by atoms with E-state index in [0.29, 0.717) is 24.0 Å². The van der Waals surface area contributed by atoms with Crippen molar-refractivity contribution in [2.24, 2.45) is 0 Å². The van der Waals surface area contributed by atoms with E-state index in [1.165, 1.54) is 7.11 Å². The van der Waals surface area contributed by atoms with Gasteiger partial charge >= 0.3 is 5.97 Å². The van der Waals surface area contributed by atoms with E-state index in [1.807, 2.05) is 60.0 Å². The third-order valence-electron chi connectivity index (χ3n) is 5.57. The summed E-state index contributed by atoms with van der Waals surface area (Å²) < 4.78 is 6.94. The van der Waals surface area contributed by atoms with Crippen molar-refractivity contribution >= 4 is 16.9 Å². The highest BCUT2D eigenvalue weighted by Crippen LogP contribution is 2.41. The lowest BCUT2D eigenvalue weighted by atomic mass is 9.82. The van der Waals surface area contributed by atoms with Gasteiger partial charge in [-0.25, -0.2) is 4.79 Å². The Bertz CT molecular complexity index is 1050. The van der Waals surface area contributed by atoms with E-state index >= 15 is 0 Å². The fourth-order valence-electron chi connectivity index (χ4n) is 4.20. The maximum absolute atomic E-state index is 12.5. The van der Waals surface area contributed by atoms with Crippen LogP contribution in [0, 0.1) is 17.0 Å². The number of rotatable bonds is 3. The molecule has 1 aliphatic rings. The average molecular weight is 364 g/mol. The predicted octanol–water partition coefficient (Wildman–Crippen LogP) is 3.85. The summed E-state index contributed by atoms with van der Waals surface area (Å²) in [6.07, 6.45) is 0.775. The minimum atomic E-state index is -1.21. The lowest BCUT2D eigenvalue weighted by Gasteiger charge is -2.31. The van der Waals surface area contributed by atoms with Gasteiger partial charge in [0.25, 0.3) is 5.54 Å². The van der Waals surface area contributed by atoms with Crippen molar-refractivity contribution in [3.05, 3.63) is 81.0 Å². The van der Waals surface area contributed by atoms with Crippen molar-refractivity contribution in [2.75, 3.05) is 7.11 Å². The summed E-state index contributed by atoms with van der Waals surface area (Å²) in [5.74, 6) is -0.396. The molecule has 0 radical (unpaired) electrons. The Balaban J connectivity index is 1.96. The third-order valence-corrected chi connectivity index (χ3v) is 5.57. The SMILES string of the molecule is COC(=O)c1c2n(c3ccc(C)cc13)CC(c1ccccc1)([N+](=O)[O-])CC2. The maximum atomic E-state index is 12.5. The lowest BCUT2D eigenvalue weighted by molar-refractivity contribution is -0.585. The fraction of sp³-hybridized carbons (Fsp3) is 0.286. The number of hydrogen-bond donors (Lipinski definition) is 0. The van der Waals surface area contributed by atoms with Gasteiger partial charge in [-0.3, -0.25) is 10.1 Å². The fourth-order valence-corrected chi connectivity index (χ4v) is 4.20. The van der Waals surface area contributed by atoms with E-state index in [4.69, 9.17) is 4.74 Å². The Hall–Kier alpha value is -3.15. The molecule has 0 N–H and O–H groups in total. The van der Waals surface area contributed by atoms with Gasteiger partial charge in [0.2, 0.25) is 0 Å². The molecule has 3 aromatic rings. The molecule has 2 aromatic carbocycles. The van der Waals surface area contributed by atoms with Gasteiger partial charge in [-0.2, -0.15) is 0 Å². The van der Waals surface area contributed by atoms with Crippen molar-refractivity contribution in [1.29, 1.82) is 0 Å². The van der Waals surface area contributed by atoms with Gasteiger partial charge in [-0.1, -0.05) is 42.0 Å². The maximum Gasteiger partial charge on any atom is 0.340 e. The summed E-state index contributed by atoms with van der Waals surface area (Å²) in [6.45, 7) is 2.15. The molecule has 1 unspecified atom stereocenters. The summed E-state index contributed by atoms with van der Waals surface area (Å²) >= 11 is 0. The summed E-state index contributed by atoms with van der Waals surface area (Å²) in [7, 11) is 1.36. The molecule has 6 nitrogen and oxygen atoms in total. The van der Waals surface area contributed by atoms with Gasteiger partial charge in [0.05, 0.1) is 19.2 Å². The number of carbonyl (C=O) groups excluding carboxylic acids is 1. The Morgan fingerprint density at radius 3 is 2.63 bits per heavy atom. The van der Waals surface area contributed by atoms with Crippen LogP contribution in [0.2, 0.25) is 0 Å². The lowest BCUT2D eigenvalue weighted by Crippen LogP contribution is -2.43. The minimum absolute atomic E-state index is 0.177. The van der Waals surface area contributed by atoms with Gasteiger partial charge in [0.1, 0.15) is 0 Å². The van der Waals surface area contributed by atoms with Crippen LogP contribution in [-0.2, 0) is 23.2 Å². The first kappa shape index (κ1) is 17.3. The largest absolute Gasteiger partial charge is 0.465 e. The molecule has 0 amide bonds. The second-order valence-electron chi connectivity index (χ2n) is 7.07. The normalized spacial score (nSPS) is 18.9. The van der Waals surface area contributed by atoms with Crippen LogP contribution in [0.1, 0.15) is 33.6 Å². The van der Waals surface area contributed by atoms with Crippen LogP contribution in [-0.4, -0.2) is 22.6 Å². The Morgan fingerprint density at radius 2 is 1.96 bits per heavy atom. The molecule has 6 heteroatoms. The van der Waals surface area contributed by atoms with Crippen LogP contribution >= 0.6 is 0 Å². The number of fused-ring (bicyclic) bond motifs is 3. The van der Waals surface area contributed by atoms with E-state index in [-0.39, 0.29) is 11.5 Å². The molecule has 0 fully saturated rings. The predicted molar refractivity (Wildman–Crippen MR) is 101 cm³/mol. The number of benzene rings is 2. The number of nitrogens with zero attached hydrogens (tertiary/aromatic N) is 2. The zero-order valence-electron chi connectivity index (χ0n) is 15.3. The Labute approximate surface area is 156 Å². The van der Waals surface area contributed by atoms with Gasteiger partial charge in [-0.15, -0.1) is 0 Å². The summed E-state index contributed by atoms with van der Waals surface area (Å²) in [4.78, 5) is 24.5. The van der Waals surface area contributed by atoms with Crippen LogP contribution in [0.4, 0.5) is 0 Å². The van der Waals surface area contributed by atoms with E-state index in [0.717, 1.165) is 22.2 Å². The summed E-state index contributed by atoms with van der Waals surface area (Å²) in [5.41, 5.74) is 2.68. The number of carbonyl (C=O) groups is 1. The van der Waals surface area contributed by atoms with Crippen molar-refractivity contribution in [3.8, 4) is 0 Å². The molecular weight excluding hydrogens is 344 g/mol. The van der Waals surface area contributed by atoms with Crippen molar-refractivity contribution in [1.82, 2.24) is 4.57 Å². The third kappa shape index (κ3) is 2.51. The Kier molecular flexibility index (Phi) is 3.98. The molecule has 2 heterocycles. The highest BCUT2D eigenvalue weighted by molar-refractivity contribution is 6.06. The quantitative estimate of drug-likeness (QED) is 0.402. The van der Waals surface area contributed by atoms with Gasteiger partial charge in [0.15, 0.2) is 0 Å². The molecule has 138 valence electrons. The van der Waals surface area contributed by atoms with Gasteiger partial charge in [0, 0.05) is 33.5 Å². The molecular formula is C21H20N2O4. The smallest absolute Gasteiger partial charge is 0.340 e. The molecule has 0 bridgehead atoms. The first-order valence-corrected chi connectivity index (χ1v) is 8.88.